The van der Waals surface area contributed by atoms with Crippen LogP contribution in [0.2, 0.25) is 0 Å². The Kier molecular flexibility index (Phi) is 4.99. The van der Waals surface area contributed by atoms with Crippen LogP contribution in [0.5, 0.6) is 0 Å². The van der Waals surface area contributed by atoms with Crippen LogP contribution in [0.4, 0.5) is 19.0 Å². The number of aromatic nitrogens is 4. The van der Waals surface area contributed by atoms with E-state index < -0.39 is 11.7 Å². The molecule has 0 bridgehead atoms. The first kappa shape index (κ1) is 20.6. The third-order valence-corrected chi connectivity index (χ3v) is 5.15. The second kappa shape index (κ2) is 7.52. The van der Waals surface area contributed by atoms with Gasteiger partial charge >= 0.3 is 6.18 Å². The number of pyridine rings is 1. The molecule has 0 aliphatic carbocycles. The molecule has 0 spiro atoms. The van der Waals surface area contributed by atoms with Crippen LogP contribution in [0.1, 0.15) is 18.2 Å². The van der Waals surface area contributed by atoms with E-state index in [9.17, 15) is 18.0 Å². The van der Waals surface area contributed by atoms with E-state index in [2.05, 4.69) is 15.0 Å². The van der Waals surface area contributed by atoms with Crippen LogP contribution < -0.4 is 10.6 Å². The van der Waals surface area contributed by atoms with Gasteiger partial charge in [-0.15, -0.1) is 0 Å². The van der Waals surface area contributed by atoms with Crippen LogP contribution in [0.25, 0.3) is 17.0 Å². The Morgan fingerprint density at radius 3 is 2.45 bits per heavy atom. The molecule has 0 unspecified atom stereocenters. The molecule has 1 aliphatic rings. The van der Waals surface area contributed by atoms with E-state index in [1.165, 1.54) is 36.0 Å². The lowest BCUT2D eigenvalue weighted by Gasteiger charge is -2.35. The number of halogens is 3. The number of amidine groups is 1. The molecule has 1 amide bonds. The van der Waals surface area contributed by atoms with E-state index in [1.54, 1.807) is 4.90 Å². The van der Waals surface area contributed by atoms with Crippen molar-refractivity contribution in [2.24, 2.45) is 5.73 Å². The van der Waals surface area contributed by atoms with Gasteiger partial charge in [0.2, 0.25) is 5.91 Å². The van der Waals surface area contributed by atoms with Crippen molar-refractivity contribution in [1.82, 2.24) is 24.3 Å². The molecule has 3 aromatic rings. The third kappa shape index (κ3) is 3.88. The Morgan fingerprint density at radius 2 is 1.84 bits per heavy atom. The molecular formula is C19H19F3N8O. The van der Waals surface area contributed by atoms with Crippen LogP contribution in [0.15, 0.2) is 30.7 Å². The number of rotatable bonds is 3. The summed E-state index contributed by atoms with van der Waals surface area (Å²) in [5, 5.41) is 7.55. The number of carbonyl (C=O) groups is 1. The topological polar surface area (TPSA) is 116 Å². The number of imidazole rings is 1. The minimum absolute atomic E-state index is 0.0404. The molecule has 4 heterocycles. The largest absolute Gasteiger partial charge is 0.418 e. The molecule has 1 aliphatic heterocycles. The zero-order valence-corrected chi connectivity index (χ0v) is 16.5. The molecule has 0 radical (unpaired) electrons. The highest BCUT2D eigenvalue weighted by Crippen LogP contribution is 2.37. The lowest BCUT2D eigenvalue weighted by Crippen LogP contribution is -2.48. The maximum Gasteiger partial charge on any atom is 0.418 e. The number of nitrogens with two attached hydrogens (primary N) is 1. The van der Waals surface area contributed by atoms with Gasteiger partial charge in [0.15, 0.2) is 5.65 Å². The van der Waals surface area contributed by atoms with Crippen molar-refractivity contribution in [3.05, 3.63) is 42.0 Å². The Balaban J connectivity index is 1.80. The summed E-state index contributed by atoms with van der Waals surface area (Å²) < 4.78 is 42.7. The first-order valence-electron chi connectivity index (χ1n) is 9.41. The van der Waals surface area contributed by atoms with Crippen LogP contribution in [0, 0.1) is 5.41 Å². The zero-order chi connectivity index (χ0) is 22.3. The van der Waals surface area contributed by atoms with Crippen LogP contribution in [0.3, 0.4) is 0 Å². The van der Waals surface area contributed by atoms with E-state index in [0.29, 0.717) is 37.6 Å². The fourth-order valence-electron chi connectivity index (χ4n) is 3.50. The Hall–Kier alpha value is -3.70. The van der Waals surface area contributed by atoms with Gasteiger partial charge in [-0.3, -0.25) is 14.6 Å². The number of fused-ring (bicyclic) bond motifs is 1. The molecule has 1 saturated heterocycles. The minimum atomic E-state index is -4.63. The molecule has 3 aromatic heterocycles. The number of piperazine rings is 1. The van der Waals surface area contributed by atoms with Crippen molar-refractivity contribution >= 4 is 23.2 Å². The first-order valence-corrected chi connectivity index (χ1v) is 9.41. The lowest BCUT2D eigenvalue weighted by molar-refractivity contribution is -0.137. The highest BCUT2D eigenvalue weighted by atomic mass is 19.4. The summed E-state index contributed by atoms with van der Waals surface area (Å²) in [6.45, 7) is 3.35. The molecule has 162 valence electrons. The number of alkyl halides is 3. The van der Waals surface area contributed by atoms with Crippen molar-refractivity contribution in [3.8, 4) is 11.4 Å². The van der Waals surface area contributed by atoms with Crippen molar-refractivity contribution < 1.29 is 18.0 Å². The van der Waals surface area contributed by atoms with E-state index in [-0.39, 0.29) is 28.8 Å². The van der Waals surface area contributed by atoms with Gasteiger partial charge in [-0.25, -0.2) is 15.0 Å². The fraction of sp³-hybridized carbons (Fsp3) is 0.316. The average molecular weight is 432 g/mol. The lowest BCUT2D eigenvalue weighted by atomic mass is 10.1. The number of amides is 1. The molecule has 31 heavy (non-hydrogen) atoms. The van der Waals surface area contributed by atoms with Crippen molar-refractivity contribution in [2.45, 2.75) is 13.1 Å². The Labute approximate surface area is 174 Å². The number of hydrogen-bond acceptors (Lipinski definition) is 6. The predicted octanol–water partition coefficient (Wildman–Crippen LogP) is 1.76. The van der Waals surface area contributed by atoms with Gasteiger partial charge in [-0.1, -0.05) is 0 Å². The molecule has 4 rings (SSSR count). The maximum atomic E-state index is 13.8. The summed E-state index contributed by atoms with van der Waals surface area (Å²) in [5.74, 6) is 0.0194. The summed E-state index contributed by atoms with van der Waals surface area (Å²) in [6.07, 6.45) is -0.650. The molecule has 3 N–H and O–H groups in total. The van der Waals surface area contributed by atoms with Crippen LogP contribution in [-0.2, 0) is 11.0 Å². The smallest absolute Gasteiger partial charge is 0.382 e. The third-order valence-electron chi connectivity index (χ3n) is 5.15. The SMILES string of the molecule is CC(=O)N1CCN(c2ccc(C(F)(F)F)c(-c3cnc4cnc(C(=N)N)cn34)n2)CC1. The quantitative estimate of drug-likeness (QED) is 0.481. The van der Waals surface area contributed by atoms with Gasteiger partial charge in [0.05, 0.1) is 23.7 Å². The van der Waals surface area contributed by atoms with E-state index >= 15 is 0 Å². The summed E-state index contributed by atoms with van der Waals surface area (Å²) in [4.78, 5) is 27.5. The summed E-state index contributed by atoms with van der Waals surface area (Å²) in [5.41, 5.74) is 4.80. The Bertz CT molecular complexity index is 1160. The molecule has 12 heteroatoms. The van der Waals surface area contributed by atoms with Gasteiger partial charge in [-0.05, 0) is 12.1 Å². The molecule has 0 atom stereocenters. The van der Waals surface area contributed by atoms with Gasteiger partial charge in [-0.2, -0.15) is 13.2 Å². The highest BCUT2D eigenvalue weighted by molar-refractivity contribution is 5.93. The summed E-state index contributed by atoms with van der Waals surface area (Å²) in [6, 6.07) is 2.34. The standard InChI is InChI=1S/C19H19F3N8O/c1-11(31)28-4-6-29(7-5-28)15-3-2-12(19(20,21)22)17(27-15)14-8-26-16-9-25-13(18(23)24)10-30(14)16/h2-3,8-10H,4-7H2,1H3,(H3,23,24). The zero-order valence-electron chi connectivity index (χ0n) is 16.5. The van der Waals surface area contributed by atoms with Crippen molar-refractivity contribution in [3.63, 3.8) is 0 Å². The molecule has 0 aromatic carbocycles. The van der Waals surface area contributed by atoms with Gasteiger partial charge in [0.25, 0.3) is 0 Å². The summed E-state index contributed by atoms with van der Waals surface area (Å²) >= 11 is 0. The predicted molar refractivity (Wildman–Crippen MR) is 107 cm³/mol. The average Bonchev–Trinajstić information content (AvgIpc) is 3.16. The second-order valence-corrected chi connectivity index (χ2v) is 7.11. The molecule has 1 fully saturated rings. The number of anilines is 1. The second-order valence-electron chi connectivity index (χ2n) is 7.11. The van der Waals surface area contributed by atoms with Crippen LogP contribution in [-0.4, -0.2) is 62.2 Å². The molecule has 9 nitrogen and oxygen atoms in total. The van der Waals surface area contributed by atoms with Gasteiger partial charge in [0, 0.05) is 39.3 Å². The number of nitrogens with one attached hydrogen (secondary N) is 1. The molecular weight excluding hydrogens is 413 g/mol. The van der Waals surface area contributed by atoms with E-state index in [0.717, 1.165) is 6.07 Å². The maximum absolute atomic E-state index is 13.8. The fourth-order valence-corrected chi connectivity index (χ4v) is 3.50. The number of nitrogens with zero attached hydrogens (tertiary/aromatic N) is 6. The first-order chi connectivity index (χ1) is 14.6. The number of nitrogen functional groups attached to an aromatic ring is 1. The molecule has 0 saturated carbocycles. The minimum Gasteiger partial charge on any atom is -0.382 e. The summed E-state index contributed by atoms with van der Waals surface area (Å²) in [7, 11) is 0. The number of carbonyl (C=O) groups excluding carboxylic acids is 1. The highest BCUT2D eigenvalue weighted by Gasteiger charge is 2.36. The van der Waals surface area contributed by atoms with Crippen molar-refractivity contribution in [2.75, 3.05) is 31.1 Å². The van der Waals surface area contributed by atoms with Crippen LogP contribution >= 0.6 is 0 Å². The van der Waals surface area contributed by atoms with Crippen molar-refractivity contribution in [1.29, 1.82) is 5.41 Å². The number of hydrogen-bond donors (Lipinski definition) is 2. The Morgan fingerprint density at radius 1 is 1.13 bits per heavy atom. The van der Waals surface area contributed by atoms with E-state index in [1.807, 2.05) is 4.90 Å². The normalized spacial score (nSPS) is 14.8. The van der Waals surface area contributed by atoms with Gasteiger partial charge in [0.1, 0.15) is 23.0 Å². The van der Waals surface area contributed by atoms with Gasteiger partial charge < -0.3 is 15.5 Å². The van der Waals surface area contributed by atoms with E-state index in [4.69, 9.17) is 11.1 Å². The monoisotopic (exact) mass is 432 g/mol.